The van der Waals surface area contributed by atoms with Crippen LogP contribution >= 0.6 is 0 Å². The second-order valence-electron chi connectivity index (χ2n) is 7.90. The van der Waals surface area contributed by atoms with E-state index in [1.165, 1.54) is 18.2 Å². The van der Waals surface area contributed by atoms with Gasteiger partial charge in [0.2, 0.25) is 5.91 Å². The molecule has 1 aliphatic rings. The first-order valence-electron chi connectivity index (χ1n) is 10.5. The monoisotopic (exact) mass is 437 g/mol. The van der Waals surface area contributed by atoms with Gasteiger partial charge in [-0.05, 0) is 36.6 Å². The van der Waals surface area contributed by atoms with Crippen LogP contribution in [-0.4, -0.2) is 33.5 Å². The Morgan fingerprint density at radius 3 is 2.62 bits per heavy atom. The first-order valence-corrected chi connectivity index (χ1v) is 10.5. The maximum absolute atomic E-state index is 13.9. The van der Waals surface area contributed by atoms with E-state index in [1.807, 2.05) is 11.9 Å². The summed E-state index contributed by atoms with van der Waals surface area (Å²) in [4.78, 5) is 30.4. The van der Waals surface area contributed by atoms with Gasteiger partial charge in [-0.2, -0.15) is 0 Å². The molecule has 2 aromatic carbocycles. The van der Waals surface area contributed by atoms with Gasteiger partial charge in [-0.1, -0.05) is 24.3 Å². The molecule has 0 aliphatic carbocycles. The van der Waals surface area contributed by atoms with Gasteiger partial charge < -0.3 is 14.8 Å². The van der Waals surface area contributed by atoms with E-state index in [0.29, 0.717) is 43.0 Å². The van der Waals surface area contributed by atoms with Crippen LogP contribution in [0.15, 0.2) is 60.9 Å². The van der Waals surface area contributed by atoms with Crippen LogP contribution in [0, 0.1) is 21.8 Å². The molecule has 0 spiro atoms. The Morgan fingerprint density at radius 1 is 1.22 bits per heavy atom. The standard InChI is InChI=1S/C23H24FN5O3/c1-27-14-11-25-22(27)21(17-5-4-6-18(24)15-17)26-23(30)16-9-12-28(13-10-16)19-7-2-3-8-20(19)29(31)32/h2-8,11,14-16,21H,9-10,12-13H2,1H3,(H,26,30). The number of hydrogen-bond acceptors (Lipinski definition) is 5. The maximum Gasteiger partial charge on any atom is 0.292 e. The average Bonchev–Trinajstić information content (AvgIpc) is 3.23. The average molecular weight is 437 g/mol. The summed E-state index contributed by atoms with van der Waals surface area (Å²) >= 11 is 0. The molecule has 1 atom stereocenters. The van der Waals surface area contributed by atoms with Crippen LogP contribution in [0.2, 0.25) is 0 Å². The number of rotatable bonds is 6. The minimum absolute atomic E-state index is 0.0661. The third kappa shape index (κ3) is 4.46. The number of carbonyl (C=O) groups excluding carboxylic acids is 1. The summed E-state index contributed by atoms with van der Waals surface area (Å²) in [6, 6.07) is 12.2. The Morgan fingerprint density at radius 2 is 1.97 bits per heavy atom. The molecule has 3 aromatic rings. The second kappa shape index (κ2) is 9.17. The van der Waals surface area contributed by atoms with Gasteiger partial charge >= 0.3 is 0 Å². The Bertz CT molecular complexity index is 1120. The van der Waals surface area contributed by atoms with Crippen LogP contribution in [0.5, 0.6) is 0 Å². The van der Waals surface area contributed by atoms with E-state index in [2.05, 4.69) is 10.3 Å². The maximum atomic E-state index is 13.9. The van der Waals surface area contributed by atoms with Gasteiger partial charge in [0.1, 0.15) is 23.4 Å². The summed E-state index contributed by atoms with van der Waals surface area (Å²) in [5.74, 6) is -0.148. The number of nitrogens with zero attached hydrogens (tertiary/aromatic N) is 4. The first-order chi connectivity index (χ1) is 15.4. The van der Waals surface area contributed by atoms with Crippen LogP contribution in [0.1, 0.15) is 30.3 Å². The fourth-order valence-corrected chi connectivity index (χ4v) is 4.17. The molecule has 1 amide bonds. The normalized spacial score (nSPS) is 15.4. The zero-order chi connectivity index (χ0) is 22.7. The van der Waals surface area contributed by atoms with Crippen LogP contribution in [0.4, 0.5) is 15.8 Å². The smallest absolute Gasteiger partial charge is 0.292 e. The number of piperidine rings is 1. The number of nitro benzene ring substituents is 1. The summed E-state index contributed by atoms with van der Waals surface area (Å²) in [5, 5.41) is 14.4. The molecular weight excluding hydrogens is 413 g/mol. The van der Waals surface area contributed by atoms with E-state index in [9.17, 15) is 19.3 Å². The minimum Gasteiger partial charge on any atom is -0.366 e. The van der Waals surface area contributed by atoms with Crippen LogP contribution in [0.25, 0.3) is 0 Å². The van der Waals surface area contributed by atoms with Gasteiger partial charge in [0.05, 0.1) is 4.92 Å². The predicted octanol–water partition coefficient (Wildman–Crippen LogP) is 3.59. The number of carbonyl (C=O) groups is 1. The molecule has 8 nitrogen and oxygen atoms in total. The molecular formula is C23H24FN5O3. The van der Waals surface area contributed by atoms with Crippen molar-refractivity contribution in [3.63, 3.8) is 0 Å². The molecule has 1 fully saturated rings. The molecule has 1 unspecified atom stereocenters. The van der Waals surface area contributed by atoms with Crippen LogP contribution < -0.4 is 10.2 Å². The number of para-hydroxylation sites is 2. The molecule has 1 N–H and O–H groups in total. The molecule has 1 aliphatic heterocycles. The van der Waals surface area contributed by atoms with Crippen molar-refractivity contribution >= 4 is 17.3 Å². The molecule has 0 radical (unpaired) electrons. The molecule has 4 rings (SSSR count). The van der Waals surface area contributed by atoms with Gasteiger partial charge in [-0.25, -0.2) is 9.37 Å². The van der Waals surface area contributed by atoms with Gasteiger partial charge in [0.25, 0.3) is 5.69 Å². The fraction of sp³-hybridized carbons (Fsp3) is 0.304. The van der Waals surface area contributed by atoms with Crippen LogP contribution in [-0.2, 0) is 11.8 Å². The van der Waals surface area contributed by atoms with E-state index < -0.39 is 6.04 Å². The highest BCUT2D eigenvalue weighted by Crippen LogP contribution is 2.31. The summed E-state index contributed by atoms with van der Waals surface area (Å²) < 4.78 is 15.7. The van der Waals surface area contributed by atoms with Gasteiger partial charge in [0, 0.05) is 44.5 Å². The van der Waals surface area contributed by atoms with Crippen molar-refractivity contribution in [2.45, 2.75) is 18.9 Å². The van der Waals surface area contributed by atoms with Crippen molar-refractivity contribution in [2.75, 3.05) is 18.0 Å². The predicted molar refractivity (Wildman–Crippen MR) is 118 cm³/mol. The SMILES string of the molecule is Cn1ccnc1C(NC(=O)C1CCN(c2ccccc2[N+](=O)[O-])CC1)c1cccc(F)c1. The van der Waals surface area contributed by atoms with Crippen molar-refractivity contribution in [1.29, 1.82) is 0 Å². The van der Waals surface area contributed by atoms with Crippen molar-refractivity contribution in [3.05, 3.63) is 88.2 Å². The van der Waals surface area contributed by atoms with Gasteiger partial charge in [-0.15, -0.1) is 0 Å². The van der Waals surface area contributed by atoms with Crippen molar-refractivity contribution in [3.8, 4) is 0 Å². The molecule has 0 bridgehead atoms. The number of imidazole rings is 1. The van der Waals surface area contributed by atoms with E-state index >= 15 is 0 Å². The number of aromatic nitrogens is 2. The molecule has 0 saturated carbocycles. The van der Waals surface area contributed by atoms with Crippen molar-refractivity contribution in [1.82, 2.24) is 14.9 Å². The van der Waals surface area contributed by atoms with E-state index in [1.54, 1.807) is 47.3 Å². The third-order valence-electron chi connectivity index (χ3n) is 5.87. The molecule has 2 heterocycles. The second-order valence-corrected chi connectivity index (χ2v) is 7.90. The lowest BCUT2D eigenvalue weighted by Crippen LogP contribution is -2.42. The number of halogens is 1. The third-order valence-corrected chi connectivity index (χ3v) is 5.87. The van der Waals surface area contributed by atoms with Crippen LogP contribution in [0.3, 0.4) is 0 Å². The topological polar surface area (TPSA) is 93.3 Å². The first kappa shape index (κ1) is 21.5. The number of nitrogens with one attached hydrogen (secondary N) is 1. The summed E-state index contributed by atoms with van der Waals surface area (Å²) in [6.07, 6.45) is 4.54. The van der Waals surface area contributed by atoms with E-state index in [-0.39, 0.29) is 28.3 Å². The largest absolute Gasteiger partial charge is 0.366 e. The van der Waals surface area contributed by atoms with Crippen molar-refractivity contribution in [2.24, 2.45) is 13.0 Å². The zero-order valence-corrected chi connectivity index (χ0v) is 17.6. The van der Waals surface area contributed by atoms with E-state index in [0.717, 1.165) is 0 Å². The number of anilines is 1. The quantitative estimate of drug-likeness (QED) is 0.470. The molecule has 1 aromatic heterocycles. The number of benzene rings is 2. The minimum atomic E-state index is -0.577. The summed E-state index contributed by atoms with van der Waals surface area (Å²) in [6.45, 7) is 1.08. The highest BCUT2D eigenvalue weighted by molar-refractivity contribution is 5.80. The van der Waals surface area contributed by atoms with E-state index in [4.69, 9.17) is 0 Å². The van der Waals surface area contributed by atoms with Gasteiger partial charge in [-0.3, -0.25) is 14.9 Å². The lowest BCUT2D eigenvalue weighted by molar-refractivity contribution is -0.384. The molecule has 1 saturated heterocycles. The molecule has 32 heavy (non-hydrogen) atoms. The number of nitro groups is 1. The Hall–Kier alpha value is -3.75. The summed E-state index contributed by atoms with van der Waals surface area (Å²) in [5.41, 5.74) is 1.25. The lowest BCUT2D eigenvalue weighted by Gasteiger charge is -2.33. The zero-order valence-electron chi connectivity index (χ0n) is 17.6. The molecule has 9 heteroatoms. The molecule has 166 valence electrons. The Kier molecular flexibility index (Phi) is 6.16. The lowest BCUT2D eigenvalue weighted by atomic mass is 9.94. The number of hydrogen-bond donors (Lipinski definition) is 1. The number of amides is 1. The Balaban J connectivity index is 1.48. The fourth-order valence-electron chi connectivity index (χ4n) is 4.17. The highest BCUT2D eigenvalue weighted by Gasteiger charge is 2.30. The Labute approximate surface area is 184 Å². The summed E-state index contributed by atoms with van der Waals surface area (Å²) in [7, 11) is 1.83. The van der Waals surface area contributed by atoms with Crippen molar-refractivity contribution < 1.29 is 14.1 Å². The number of aryl methyl sites for hydroxylation is 1. The van der Waals surface area contributed by atoms with Gasteiger partial charge in [0.15, 0.2) is 0 Å². The highest BCUT2D eigenvalue weighted by atomic mass is 19.1.